The molecular weight excluding hydrogens is 344 g/mol. The third-order valence-corrected chi connectivity index (χ3v) is 4.00. The van der Waals surface area contributed by atoms with Gasteiger partial charge in [0.15, 0.2) is 0 Å². The first-order chi connectivity index (χ1) is 10.8. The molecule has 2 aromatic heterocycles. The van der Waals surface area contributed by atoms with Gasteiger partial charge in [-0.25, -0.2) is 4.98 Å². The SMILES string of the molecule is N#Cc1cc(Br)cnc1N1CCCC(Oc2cccnc2)C1. The predicted octanol–water partition coefficient (Wildman–Crippen LogP) is 3.16. The van der Waals surface area contributed by atoms with E-state index in [1.54, 1.807) is 24.7 Å². The summed E-state index contributed by atoms with van der Waals surface area (Å²) in [5, 5.41) is 9.30. The number of rotatable bonds is 3. The van der Waals surface area contributed by atoms with Gasteiger partial charge < -0.3 is 9.64 Å². The summed E-state index contributed by atoms with van der Waals surface area (Å²) in [6.45, 7) is 1.61. The lowest BCUT2D eigenvalue weighted by molar-refractivity contribution is 0.178. The third kappa shape index (κ3) is 3.37. The van der Waals surface area contributed by atoms with Gasteiger partial charge in [0.25, 0.3) is 0 Å². The van der Waals surface area contributed by atoms with Crippen molar-refractivity contribution in [2.24, 2.45) is 0 Å². The van der Waals surface area contributed by atoms with Crippen LogP contribution in [0.2, 0.25) is 0 Å². The lowest BCUT2D eigenvalue weighted by Crippen LogP contribution is -2.42. The van der Waals surface area contributed by atoms with E-state index in [0.717, 1.165) is 42.0 Å². The summed E-state index contributed by atoms with van der Waals surface area (Å²) < 4.78 is 6.79. The zero-order valence-electron chi connectivity index (χ0n) is 11.9. The topological polar surface area (TPSA) is 62.0 Å². The van der Waals surface area contributed by atoms with Crippen molar-refractivity contribution in [1.82, 2.24) is 9.97 Å². The summed E-state index contributed by atoms with van der Waals surface area (Å²) in [6.07, 6.45) is 7.25. The van der Waals surface area contributed by atoms with Crippen LogP contribution in [0, 0.1) is 11.3 Å². The molecule has 1 unspecified atom stereocenters. The first-order valence-corrected chi connectivity index (χ1v) is 7.93. The Labute approximate surface area is 137 Å². The van der Waals surface area contributed by atoms with Gasteiger partial charge in [-0.1, -0.05) is 0 Å². The van der Waals surface area contributed by atoms with E-state index in [9.17, 15) is 5.26 Å². The molecule has 0 radical (unpaired) electrons. The minimum Gasteiger partial charge on any atom is -0.487 e. The molecule has 0 aliphatic carbocycles. The molecule has 1 aliphatic rings. The molecule has 1 atom stereocenters. The summed E-state index contributed by atoms with van der Waals surface area (Å²) in [6, 6.07) is 7.78. The average molecular weight is 359 g/mol. The molecule has 1 aliphatic heterocycles. The fraction of sp³-hybridized carbons (Fsp3) is 0.312. The van der Waals surface area contributed by atoms with Crippen molar-refractivity contribution >= 4 is 21.7 Å². The monoisotopic (exact) mass is 358 g/mol. The molecule has 0 N–H and O–H groups in total. The lowest BCUT2D eigenvalue weighted by Gasteiger charge is -2.34. The van der Waals surface area contributed by atoms with Crippen LogP contribution < -0.4 is 9.64 Å². The highest BCUT2D eigenvalue weighted by Gasteiger charge is 2.24. The molecule has 0 spiro atoms. The first-order valence-electron chi connectivity index (χ1n) is 7.13. The van der Waals surface area contributed by atoms with E-state index in [4.69, 9.17) is 4.74 Å². The number of hydrogen-bond donors (Lipinski definition) is 0. The third-order valence-electron chi connectivity index (χ3n) is 3.57. The van der Waals surface area contributed by atoms with Crippen LogP contribution in [0.25, 0.3) is 0 Å². The van der Waals surface area contributed by atoms with Crippen molar-refractivity contribution in [2.75, 3.05) is 18.0 Å². The van der Waals surface area contributed by atoms with Crippen LogP contribution in [-0.4, -0.2) is 29.2 Å². The minimum absolute atomic E-state index is 0.0786. The maximum Gasteiger partial charge on any atom is 0.146 e. The molecule has 0 bridgehead atoms. The number of aromatic nitrogens is 2. The van der Waals surface area contributed by atoms with Gasteiger partial charge in [-0.15, -0.1) is 0 Å². The van der Waals surface area contributed by atoms with Crippen molar-refractivity contribution in [3.8, 4) is 11.8 Å². The largest absolute Gasteiger partial charge is 0.487 e. The first kappa shape index (κ1) is 14.8. The van der Waals surface area contributed by atoms with Gasteiger partial charge in [0, 0.05) is 23.4 Å². The Bertz CT molecular complexity index is 686. The Kier molecular flexibility index (Phi) is 4.54. The minimum atomic E-state index is 0.0786. The van der Waals surface area contributed by atoms with Crippen LogP contribution in [-0.2, 0) is 0 Å². The summed E-state index contributed by atoms with van der Waals surface area (Å²) in [5.41, 5.74) is 0.580. The molecule has 22 heavy (non-hydrogen) atoms. The van der Waals surface area contributed by atoms with E-state index >= 15 is 0 Å². The Morgan fingerprint density at radius 2 is 2.32 bits per heavy atom. The number of nitrogens with zero attached hydrogens (tertiary/aromatic N) is 4. The number of hydrogen-bond acceptors (Lipinski definition) is 5. The maximum absolute atomic E-state index is 9.30. The molecule has 112 valence electrons. The second kappa shape index (κ2) is 6.75. The van der Waals surface area contributed by atoms with E-state index in [0.29, 0.717) is 5.56 Å². The van der Waals surface area contributed by atoms with Crippen LogP contribution in [0.1, 0.15) is 18.4 Å². The van der Waals surface area contributed by atoms with E-state index in [-0.39, 0.29) is 6.10 Å². The highest BCUT2D eigenvalue weighted by atomic mass is 79.9. The van der Waals surface area contributed by atoms with Gasteiger partial charge in [0.2, 0.25) is 0 Å². The zero-order chi connectivity index (χ0) is 15.4. The van der Waals surface area contributed by atoms with E-state index in [1.807, 2.05) is 12.1 Å². The van der Waals surface area contributed by atoms with Crippen LogP contribution in [0.3, 0.4) is 0 Å². The Morgan fingerprint density at radius 3 is 3.09 bits per heavy atom. The predicted molar refractivity (Wildman–Crippen MR) is 86.8 cm³/mol. The maximum atomic E-state index is 9.30. The van der Waals surface area contributed by atoms with E-state index in [1.165, 1.54) is 0 Å². The second-order valence-corrected chi connectivity index (χ2v) is 6.07. The van der Waals surface area contributed by atoms with Crippen LogP contribution in [0.15, 0.2) is 41.3 Å². The zero-order valence-corrected chi connectivity index (χ0v) is 13.5. The molecule has 0 aromatic carbocycles. The number of ether oxygens (including phenoxy) is 1. The lowest BCUT2D eigenvalue weighted by atomic mass is 10.1. The van der Waals surface area contributed by atoms with Crippen molar-refractivity contribution < 1.29 is 4.74 Å². The van der Waals surface area contributed by atoms with Crippen molar-refractivity contribution in [3.05, 3.63) is 46.8 Å². The van der Waals surface area contributed by atoms with Gasteiger partial charge in [-0.3, -0.25) is 4.98 Å². The molecular formula is C16H15BrN4O. The molecule has 0 saturated carbocycles. The van der Waals surface area contributed by atoms with Gasteiger partial charge >= 0.3 is 0 Å². The molecule has 3 rings (SSSR count). The highest BCUT2D eigenvalue weighted by Crippen LogP contribution is 2.25. The van der Waals surface area contributed by atoms with Crippen LogP contribution in [0.5, 0.6) is 5.75 Å². The molecule has 2 aromatic rings. The number of halogens is 1. The van der Waals surface area contributed by atoms with Crippen LogP contribution >= 0.6 is 15.9 Å². The number of pyridine rings is 2. The van der Waals surface area contributed by atoms with Gasteiger partial charge in [-0.2, -0.15) is 5.26 Å². The van der Waals surface area contributed by atoms with Crippen molar-refractivity contribution in [2.45, 2.75) is 18.9 Å². The average Bonchev–Trinajstić information content (AvgIpc) is 2.56. The summed E-state index contributed by atoms with van der Waals surface area (Å²) in [7, 11) is 0. The Morgan fingerprint density at radius 1 is 1.41 bits per heavy atom. The number of nitriles is 1. The quantitative estimate of drug-likeness (QED) is 0.843. The smallest absolute Gasteiger partial charge is 0.146 e. The summed E-state index contributed by atoms with van der Waals surface area (Å²) in [4.78, 5) is 10.6. The molecule has 5 nitrogen and oxygen atoms in total. The van der Waals surface area contributed by atoms with E-state index in [2.05, 4.69) is 36.9 Å². The van der Waals surface area contributed by atoms with Crippen LogP contribution in [0.4, 0.5) is 5.82 Å². The van der Waals surface area contributed by atoms with Crippen molar-refractivity contribution in [3.63, 3.8) is 0 Å². The van der Waals surface area contributed by atoms with Crippen molar-refractivity contribution in [1.29, 1.82) is 5.26 Å². The molecule has 3 heterocycles. The Balaban J connectivity index is 1.75. The molecule has 1 saturated heterocycles. The van der Waals surface area contributed by atoms with Gasteiger partial charge in [0.05, 0.1) is 18.3 Å². The number of piperidine rings is 1. The summed E-state index contributed by atoms with van der Waals surface area (Å²) >= 11 is 3.35. The fourth-order valence-electron chi connectivity index (χ4n) is 2.60. The molecule has 1 fully saturated rings. The second-order valence-electron chi connectivity index (χ2n) is 5.15. The highest BCUT2D eigenvalue weighted by molar-refractivity contribution is 9.10. The Hall–Kier alpha value is -2.13. The summed E-state index contributed by atoms with van der Waals surface area (Å²) in [5.74, 6) is 1.50. The van der Waals surface area contributed by atoms with Gasteiger partial charge in [-0.05, 0) is 47.0 Å². The normalized spacial score (nSPS) is 17.8. The van der Waals surface area contributed by atoms with Gasteiger partial charge in [0.1, 0.15) is 23.7 Å². The van der Waals surface area contributed by atoms with E-state index < -0.39 is 0 Å². The standard InChI is InChI=1S/C16H15BrN4O/c17-13-7-12(8-18)16(20-9-13)21-6-2-4-15(11-21)22-14-3-1-5-19-10-14/h1,3,5,7,9-10,15H,2,4,6,11H2. The fourth-order valence-corrected chi connectivity index (χ4v) is 2.93. The number of anilines is 1. The molecule has 6 heteroatoms. The molecule has 0 amide bonds.